The molecule has 3 heterocycles. The topological polar surface area (TPSA) is 60.4 Å². The molecule has 0 radical (unpaired) electrons. The zero-order valence-electron chi connectivity index (χ0n) is 17.5. The van der Waals surface area contributed by atoms with Gasteiger partial charge in [0.2, 0.25) is 0 Å². The molecule has 1 N–H and O–H groups in total. The first-order chi connectivity index (χ1) is 13.7. The molecule has 2 saturated heterocycles. The van der Waals surface area contributed by atoms with Crippen molar-refractivity contribution < 1.29 is 9.53 Å². The molecular weight excluding hydrogens is 501 g/mol. The predicted molar refractivity (Wildman–Crippen MR) is 129 cm³/mol. The molecule has 2 aliphatic rings. The van der Waals surface area contributed by atoms with E-state index in [0.29, 0.717) is 25.6 Å². The minimum Gasteiger partial charge on any atom is -0.450 e. The number of rotatable bonds is 5. The van der Waals surface area contributed by atoms with E-state index in [1.54, 1.807) is 4.90 Å². The molecule has 29 heavy (non-hydrogen) atoms. The normalized spacial score (nSPS) is 20.9. The molecule has 0 saturated carbocycles. The Balaban J connectivity index is 0.00000300. The van der Waals surface area contributed by atoms with Crippen LogP contribution in [0.3, 0.4) is 0 Å². The van der Waals surface area contributed by atoms with Crippen LogP contribution in [0, 0.1) is 5.92 Å². The number of thiophene rings is 1. The van der Waals surface area contributed by atoms with Crippen LogP contribution in [0.25, 0.3) is 0 Å². The molecule has 0 aromatic carbocycles. The first-order valence-electron chi connectivity index (χ1n) is 10.3. The summed E-state index contributed by atoms with van der Waals surface area (Å²) in [5.74, 6) is 1.59. The summed E-state index contributed by atoms with van der Waals surface area (Å²) in [7, 11) is 1.84. The van der Waals surface area contributed by atoms with Crippen LogP contribution >= 0.6 is 35.3 Å². The highest BCUT2D eigenvalue weighted by Gasteiger charge is 2.25. The number of likely N-dealkylation sites (tertiary alicyclic amines) is 1. The number of carbonyl (C=O) groups excluding carboxylic acids is 1. The second kappa shape index (κ2) is 12.6. The fraction of sp³-hybridized carbons (Fsp3) is 0.700. The maximum Gasteiger partial charge on any atom is 0.409 e. The van der Waals surface area contributed by atoms with Gasteiger partial charge in [0.1, 0.15) is 0 Å². The Kier molecular flexibility index (Phi) is 10.5. The molecule has 1 aromatic heterocycles. The molecule has 1 aromatic rings. The molecule has 1 amide bonds. The Morgan fingerprint density at radius 3 is 2.69 bits per heavy atom. The standard InChI is InChI=1S/C20H33N5O2S.HI/c1-3-27-20(26)25-11-9-24(10-12-25)19(21-2)22-14-17-6-4-8-23(15-17)16-18-7-5-13-28-18;/h5,7,13,17H,3-4,6,8-12,14-16H2,1-2H3,(H,21,22);1H. The van der Waals surface area contributed by atoms with Gasteiger partial charge in [-0.05, 0) is 43.7 Å². The summed E-state index contributed by atoms with van der Waals surface area (Å²) in [5, 5.41) is 5.73. The molecule has 0 spiro atoms. The van der Waals surface area contributed by atoms with E-state index >= 15 is 0 Å². The summed E-state index contributed by atoms with van der Waals surface area (Å²) in [6.45, 7) is 9.54. The van der Waals surface area contributed by atoms with Crippen LogP contribution in [-0.2, 0) is 11.3 Å². The van der Waals surface area contributed by atoms with Crippen LogP contribution in [0.15, 0.2) is 22.5 Å². The summed E-state index contributed by atoms with van der Waals surface area (Å²) >= 11 is 1.84. The number of aliphatic imine (C=N–C) groups is 1. The lowest BCUT2D eigenvalue weighted by molar-refractivity contribution is 0.0913. The van der Waals surface area contributed by atoms with Gasteiger partial charge in [0.25, 0.3) is 0 Å². The van der Waals surface area contributed by atoms with E-state index in [9.17, 15) is 4.79 Å². The average Bonchev–Trinajstić information content (AvgIpc) is 3.22. The van der Waals surface area contributed by atoms with Crippen LogP contribution in [0.1, 0.15) is 24.6 Å². The Bertz CT molecular complexity index is 635. The molecule has 2 aliphatic heterocycles. The van der Waals surface area contributed by atoms with Gasteiger partial charge in [-0.1, -0.05) is 6.07 Å². The molecule has 2 fully saturated rings. The van der Waals surface area contributed by atoms with E-state index in [2.05, 4.69) is 37.6 Å². The minimum absolute atomic E-state index is 0. The fourth-order valence-corrected chi connectivity index (χ4v) is 4.71. The highest BCUT2D eigenvalue weighted by molar-refractivity contribution is 14.0. The highest BCUT2D eigenvalue weighted by Crippen LogP contribution is 2.20. The number of amides is 1. The number of guanidine groups is 1. The second-order valence-electron chi connectivity index (χ2n) is 7.42. The van der Waals surface area contributed by atoms with E-state index in [1.165, 1.54) is 24.3 Å². The summed E-state index contributed by atoms with van der Waals surface area (Å²) < 4.78 is 5.10. The van der Waals surface area contributed by atoms with Crippen molar-refractivity contribution in [1.29, 1.82) is 0 Å². The van der Waals surface area contributed by atoms with Crippen LogP contribution in [0.2, 0.25) is 0 Å². The number of piperidine rings is 1. The van der Waals surface area contributed by atoms with Gasteiger partial charge in [-0.3, -0.25) is 9.89 Å². The van der Waals surface area contributed by atoms with Crippen molar-refractivity contribution in [3.63, 3.8) is 0 Å². The lowest BCUT2D eigenvalue weighted by Crippen LogP contribution is -2.54. The predicted octanol–water partition coefficient (Wildman–Crippen LogP) is 2.93. The van der Waals surface area contributed by atoms with Crippen molar-refractivity contribution in [3.8, 4) is 0 Å². The Labute approximate surface area is 195 Å². The molecule has 1 unspecified atom stereocenters. The minimum atomic E-state index is -0.210. The number of hydrogen-bond donors (Lipinski definition) is 1. The van der Waals surface area contributed by atoms with Crippen molar-refractivity contribution in [2.45, 2.75) is 26.3 Å². The average molecular weight is 535 g/mol. The van der Waals surface area contributed by atoms with Crippen molar-refractivity contribution in [3.05, 3.63) is 22.4 Å². The van der Waals surface area contributed by atoms with E-state index in [-0.39, 0.29) is 30.1 Å². The second-order valence-corrected chi connectivity index (χ2v) is 8.46. The van der Waals surface area contributed by atoms with Crippen LogP contribution in [-0.4, -0.2) is 86.2 Å². The molecule has 9 heteroatoms. The van der Waals surface area contributed by atoms with Crippen LogP contribution < -0.4 is 5.32 Å². The highest BCUT2D eigenvalue weighted by atomic mass is 127. The smallest absolute Gasteiger partial charge is 0.409 e. The molecule has 0 aliphatic carbocycles. The van der Waals surface area contributed by atoms with Crippen molar-refractivity contribution in [2.75, 3.05) is 59.5 Å². The lowest BCUT2D eigenvalue weighted by atomic mass is 9.98. The fourth-order valence-electron chi connectivity index (χ4n) is 3.97. The van der Waals surface area contributed by atoms with E-state index in [4.69, 9.17) is 4.74 Å². The Hall–Kier alpha value is -1.07. The summed E-state index contributed by atoms with van der Waals surface area (Å²) in [4.78, 5) is 24.4. The van der Waals surface area contributed by atoms with Crippen LogP contribution in [0.4, 0.5) is 4.79 Å². The maximum absolute atomic E-state index is 11.9. The van der Waals surface area contributed by atoms with Gasteiger partial charge in [0.05, 0.1) is 6.61 Å². The Morgan fingerprint density at radius 2 is 2.03 bits per heavy atom. The molecule has 0 bridgehead atoms. The molecule has 7 nitrogen and oxygen atoms in total. The first-order valence-corrected chi connectivity index (χ1v) is 11.2. The summed E-state index contributed by atoms with van der Waals surface area (Å²) in [6, 6.07) is 4.36. The number of nitrogens with zero attached hydrogens (tertiary/aromatic N) is 4. The van der Waals surface area contributed by atoms with Crippen molar-refractivity contribution >= 4 is 47.4 Å². The SMILES string of the molecule is CCOC(=O)N1CCN(C(=NC)NCC2CCCN(Cc3cccs3)C2)CC1.I. The molecule has 3 rings (SSSR count). The third-order valence-electron chi connectivity index (χ3n) is 5.43. The third kappa shape index (κ3) is 7.29. The third-order valence-corrected chi connectivity index (χ3v) is 6.29. The van der Waals surface area contributed by atoms with Gasteiger partial charge in [-0.15, -0.1) is 35.3 Å². The number of carbonyl (C=O) groups is 1. The van der Waals surface area contributed by atoms with Gasteiger partial charge in [-0.25, -0.2) is 4.79 Å². The van der Waals surface area contributed by atoms with Crippen molar-refractivity contribution in [2.24, 2.45) is 10.9 Å². The summed E-state index contributed by atoms with van der Waals surface area (Å²) in [6.07, 6.45) is 2.31. The zero-order chi connectivity index (χ0) is 19.8. The van der Waals surface area contributed by atoms with Crippen LogP contribution in [0.5, 0.6) is 0 Å². The molecule has 1 atom stereocenters. The molecule has 164 valence electrons. The monoisotopic (exact) mass is 535 g/mol. The van der Waals surface area contributed by atoms with Crippen molar-refractivity contribution in [1.82, 2.24) is 20.0 Å². The van der Waals surface area contributed by atoms with Gasteiger partial charge in [0, 0.05) is 57.7 Å². The number of piperazine rings is 1. The quantitative estimate of drug-likeness (QED) is 0.357. The van der Waals surface area contributed by atoms with Gasteiger partial charge in [0.15, 0.2) is 5.96 Å². The largest absolute Gasteiger partial charge is 0.450 e. The zero-order valence-corrected chi connectivity index (χ0v) is 20.7. The number of hydrogen-bond acceptors (Lipinski definition) is 5. The molecular formula is C20H34IN5O2S. The maximum atomic E-state index is 11.9. The van der Waals surface area contributed by atoms with E-state index in [0.717, 1.165) is 38.7 Å². The van der Waals surface area contributed by atoms with E-state index < -0.39 is 0 Å². The van der Waals surface area contributed by atoms with Gasteiger partial charge >= 0.3 is 6.09 Å². The van der Waals surface area contributed by atoms with Gasteiger partial charge < -0.3 is 19.9 Å². The summed E-state index contributed by atoms with van der Waals surface area (Å²) in [5.41, 5.74) is 0. The Morgan fingerprint density at radius 1 is 1.28 bits per heavy atom. The first kappa shape index (κ1) is 24.2. The number of nitrogens with one attached hydrogen (secondary N) is 1. The lowest BCUT2D eigenvalue weighted by Gasteiger charge is -2.37. The number of ether oxygens (including phenoxy) is 1. The van der Waals surface area contributed by atoms with Gasteiger partial charge in [-0.2, -0.15) is 0 Å². The number of halogens is 1. The van der Waals surface area contributed by atoms with E-state index in [1.807, 2.05) is 25.3 Å².